The van der Waals surface area contributed by atoms with Crippen LogP contribution in [0, 0.1) is 13.8 Å². The Bertz CT molecular complexity index is 327. The summed E-state index contributed by atoms with van der Waals surface area (Å²) in [5.41, 5.74) is 14.9. The lowest BCUT2D eigenvalue weighted by atomic mass is 9.93. The average molecular weight is 222 g/mol. The number of hydrogen-bond acceptors (Lipinski definition) is 3. The zero-order valence-corrected chi connectivity index (χ0v) is 10.2. The maximum Gasteiger partial charge on any atom is 0.116 e. The van der Waals surface area contributed by atoms with Gasteiger partial charge in [-0.15, -0.1) is 0 Å². The van der Waals surface area contributed by atoms with Crippen LogP contribution >= 0.6 is 0 Å². The predicted molar refractivity (Wildman–Crippen MR) is 67.4 cm³/mol. The van der Waals surface area contributed by atoms with E-state index in [1.807, 2.05) is 13.8 Å². The number of aryl methyl sites for hydroxylation is 2. The van der Waals surface area contributed by atoms with Crippen molar-refractivity contribution in [2.24, 2.45) is 11.5 Å². The van der Waals surface area contributed by atoms with Crippen LogP contribution in [0.25, 0.3) is 0 Å². The second-order valence-corrected chi connectivity index (χ2v) is 4.38. The quantitative estimate of drug-likeness (QED) is 0.668. The molecular formula is C13H22N2O. The van der Waals surface area contributed by atoms with E-state index in [9.17, 15) is 5.11 Å². The van der Waals surface area contributed by atoms with Crippen LogP contribution in [-0.2, 0) is 0 Å². The molecule has 0 aromatic heterocycles. The van der Waals surface area contributed by atoms with Crippen LogP contribution in [-0.4, -0.2) is 11.7 Å². The van der Waals surface area contributed by atoms with Crippen LogP contribution in [0.15, 0.2) is 12.1 Å². The third-order valence-electron chi connectivity index (χ3n) is 2.92. The number of rotatable bonds is 5. The third-order valence-corrected chi connectivity index (χ3v) is 2.92. The smallest absolute Gasteiger partial charge is 0.116 e. The summed E-state index contributed by atoms with van der Waals surface area (Å²) in [6.07, 6.45) is 3.02. The van der Waals surface area contributed by atoms with Gasteiger partial charge in [0.25, 0.3) is 0 Å². The minimum Gasteiger partial charge on any atom is -0.508 e. The van der Waals surface area contributed by atoms with Gasteiger partial charge in [-0.2, -0.15) is 0 Å². The molecule has 90 valence electrons. The summed E-state index contributed by atoms with van der Waals surface area (Å²) < 4.78 is 0. The highest BCUT2D eigenvalue weighted by Gasteiger charge is 2.12. The van der Waals surface area contributed by atoms with Crippen molar-refractivity contribution in [3.8, 4) is 5.75 Å². The topological polar surface area (TPSA) is 72.3 Å². The van der Waals surface area contributed by atoms with Gasteiger partial charge in [0.1, 0.15) is 5.75 Å². The number of aromatic hydroxyl groups is 1. The van der Waals surface area contributed by atoms with Crippen LogP contribution in [0.2, 0.25) is 0 Å². The molecule has 0 spiro atoms. The zero-order valence-electron chi connectivity index (χ0n) is 10.2. The Morgan fingerprint density at radius 1 is 1.19 bits per heavy atom. The van der Waals surface area contributed by atoms with E-state index in [-0.39, 0.29) is 6.04 Å². The molecule has 1 rings (SSSR count). The summed E-state index contributed by atoms with van der Waals surface area (Å²) in [7, 11) is 0. The van der Waals surface area contributed by atoms with Crippen LogP contribution in [0.4, 0.5) is 0 Å². The molecule has 0 fully saturated rings. The number of unbranched alkanes of at least 4 members (excludes halogenated alkanes) is 1. The molecule has 1 aromatic carbocycles. The summed E-state index contributed by atoms with van der Waals surface area (Å²) in [5.74, 6) is 0.313. The van der Waals surface area contributed by atoms with Gasteiger partial charge in [-0.1, -0.05) is 6.42 Å². The molecule has 5 N–H and O–H groups in total. The zero-order chi connectivity index (χ0) is 12.1. The maximum atomic E-state index is 9.46. The van der Waals surface area contributed by atoms with Gasteiger partial charge < -0.3 is 16.6 Å². The number of nitrogens with two attached hydrogens (primary N) is 2. The first kappa shape index (κ1) is 13.0. The fourth-order valence-corrected chi connectivity index (χ4v) is 2.19. The van der Waals surface area contributed by atoms with Gasteiger partial charge in [0.15, 0.2) is 0 Å². The standard InChI is InChI=1S/C13H22N2O/c1-9-7-11(16)8-10(2)13(9)12(15)5-3-4-6-14/h7-8,12,16H,3-6,14-15H2,1-2H3/t12-/m0/s1. The first-order chi connectivity index (χ1) is 7.56. The molecule has 3 heteroatoms. The number of phenolic OH excluding ortho intramolecular Hbond substituents is 1. The Morgan fingerprint density at radius 3 is 2.25 bits per heavy atom. The van der Waals surface area contributed by atoms with E-state index < -0.39 is 0 Å². The molecule has 0 saturated heterocycles. The SMILES string of the molecule is Cc1cc(O)cc(C)c1[C@@H](N)CCCCN. The maximum absolute atomic E-state index is 9.46. The number of benzene rings is 1. The van der Waals surface area contributed by atoms with Crippen molar-refractivity contribution < 1.29 is 5.11 Å². The average Bonchev–Trinajstić information content (AvgIpc) is 2.16. The second kappa shape index (κ2) is 5.87. The molecule has 0 radical (unpaired) electrons. The molecule has 0 saturated carbocycles. The Kier molecular flexibility index (Phi) is 4.77. The molecule has 1 aromatic rings. The highest BCUT2D eigenvalue weighted by molar-refractivity contribution is 5.42. The highest BCUT2D eigenvalue weighted by atomic mass is 16.3. The number of phenols is 1. The Hall–Kier alpha value is -1.06. The van der Waals surface area contributed by atoms with Crippen molar-refractivity contribution in [3.63, 3.8) is 0 Å². The lowest BCUT2D eigenvalue weighted by Gasteiger charge is -2.17. The fraction of sp³-hybridized carbons (Fsp3) is 0.538. The van der Waals surface area contributed by atoms with E-state index in [1.165, 1.54) is 0 Å². The molecule has 0 aliphatic rings. The van der Waals surface area contributed by atoms with Gasteiger partial charge in [-0.25, -0.2) is 0 Å². The molecule has 0 heterocycles. The van der Waals surface area contributed by atoms with Gasteiger partial charge in [0.05, 0.1) is 0 Å². The van der Waals surface area contributed by atoms with Gasteiger partial charge >= 0.3 is 0 Å². The largest absolute Gasteiger partial charge is 0.508 e. The van der Waals surface area contributed by atoms with Crippen molar-refractivity contribution >= 4 is 0 Å². The molecule has 0 aliphatic carbocycles. The Balaban J connectivity index is 2.78. The van der Waals surface area contributed by atoms with Crippen molar-refractivity contribution in [2.75, 3.05) is 6.54 Å². The molecule has 0 amide bonds. The van der Waals surface area contributed by atoms with E-state index in [1.54, 1.807) is 12.1 Å². The summed E-state index contributed by atoms with van der Waals surface area (Å²) in [6.45, 7) is 4.70. The first-order valence-corrected chi connectivity index (χ1v) is 5.82. The summed E-state index contributed by atoms with van der Waals surface area (Å²) in [4.78, 5) is 0. The fourth-order valence-electron chi connectivity index (χ4n) is 2.19. The van der Waals surface area contributed by atoms with E-state index in [0.29, 0.717) is 5.75 Å². The van der Waals surface area contributed by atoms with E-state index >= 15 is 0 Å². The molecule has 0 unspecified atom stereocenters. The lowest BCUT2D eigenvalue weighted by Crippen LogP contribution is -2.14. The first-order valence-electron chi connectivity index (χ1n) is 5.82. The predicted octanol–water partition coefficient (Wildman–Crippen LogP) is 2.14. The van der Waals surface area contributed by atoms with Gasteiger partial charge in [0.2, 0.25) is 0 Å². The third kappa shape index (κ3) is 3.22. The lowest BCUT2D eigenvalue weighted by molar-refractivity contribution is 0.473. The summed E-state index contributed by atoms with van der Waals surface area (Å²) >= 11 is 0. The van der Waals surface area contributed by atoms with E-state index in [4.69, 9.17) is 11.5 Å². The summed E-state index contributed by atoms with van der Waals surface area (Å²) in [5, 5.41) is 9.46. The van der Waals surface area contributed by atoms with Crippen LogP contribution in [0.3, 0.4) is 0 Å². The van der Waals surface area contributed by atoms with Crippen molar-refractivity contribution in [2.45, 2.75) is 39.2 Å². The van der Waals surface area contributed by atoms with Gasteiger partial charge in [-0.3, -0.25) is 0 Å². The number of hydrogen-bond donors (Lipinski definition) is 3. The molecule has 3 nitrogen and oxygen atoms in total. The Morgan fingerprint density at radius 2 is 1.75 bits per heavy atom. The van der Waals surface area contributed by atoms with Crippen LogP contribution < -0.4 is 11.5 Å². The van der Waals surface area contributed by atoms with Crippen molar-refractivity contribution in [1.29, 1.82) is 0 Å². The van der Waals surface area contributed by atoms with E-state index in [0.717, 1.165) is 42.5 Å². The molecule has 0 aliphatic heterocycles. The van der Waals surface area contributed by atoms with Crippen molar-refractivity contribution in [3.05, 3.63) is 28.8 Å². The molecular weight excluding hydrogens is 200 g/mol. The van der Waals surface area contributed by atoms with Crippen molar-refractivity contribution in [1.82, 2.24) is 0 Å². The Labute approximate surface area is 97.5 Å². The highest BCUT2D eigenvalue weighted by Crippen LogP contribution is 2.27. The molecule has 1 atom stereocenters. The molecule has 0 bridgehead atoms. The van der Waals surface area contributed by atoms with E-state index in [2.05, 4.69) is 0 Å². The monoisotopic (exact) mass is 222 g/mol. The molecule has 16 heavy (non-hydrogen) atoms. The van der Waals surface area contributed by atoms with Crippen LogP contribution in [0.1, 0.15) is 42.0 Å². The van der Waals surface area contributed by atoms with Crippen LogP contribution in [0.5, 0.6) is 5.75 Å². The normalized spacial score (nSPS) is 12.8. The minimum atomic E-state index is 0.0483. The minimum absolute atomic E-state index is 0.0483. The summed E-state index contributed by atoms with van der Waals surface area (Å²) in [6, 6.07) is 3.59. The second-order valence-electron chi connectivity index (χ2n) is 4.38. The van der Waals surface area contributed by atoms with Gasteiger partial charge in [-0.05, 0) is 62.1 Å². The van der Waals surface area contributed by atoms with Gasteiger partial charge in [0, 0.05) is 6.04 Å².